The number of anilines is 1. The van der Waals surface area contributed by atoms with Crippen LogP contribution in [-0.4, -0.2) is 12.5 Å². The second-order valence-electron chi connectivity index (χ2n) is 5.23. The number of hydrogen-bond donors (Lipinski definition) is 2. The number of benzene rings is 1. The van der Waals surface area contributed by atoms with Gasteiger partial charge in [0.25, 0.3) is 5.91 Å². The summed E-state index contributed by atoms with van der Waals surface area (Å²) in [7, 11) is 0. The third kappa shape index (κ3) is 4.08. The van der Waals surface area contributed by atoms with Crippen molar-refractivity contribution in [3.8, 4) is 0 Å². The molecule has 0 aliphatic heterocycles. The minimum absolute atomic E-state index is 0.0177. The molecule has 1 heterocycles. The molecular formula is C17H22N2OS. The summed E-state index contributed by atoms with van der Waals surface area (Å²) in [5.41, 5.74) is 3.91. The van der Waals surface area contributed by atoms with Gasteiger partial charge in [-0.2, -0.15) is 11.3 Å². The molecule has 1 amide bonds. The zero-order valence-electron chi connectivity index (χ0n) is 12.8. The zero-order chi connectivity index (χ0) is 15.2. The van der Waals surface area contributed by atoms with E-state index in [4.69, 9.17) is 0 Å². The van der Waals surface area contributed by atoms with Crippen molar-refractivity contribution in [1.82, 2.24) is 5.32 Å². The Bertz CT molecular complexity index is 593. The van der Waals surface area contributed by atoms with Crippen LogP contribution in [0.4, 0.5) is 5.69 Å². The van der Waals surface area contributed by atoms with Gasteiger partial charge < -0.3 is 10.6 Å². The van der Waals surface area contributed by atoms with Gasteiger partial charge >= 0.3 is 0 Å². The Kier molecular flexibility index (Phi) is 5.39. The van der Waals surface area contributed by atoms with Crippen LogP contribution in [0.5, 0.6) is 0 Å². The summed E-state index contributed by atoms with van der Waals surface area (Å²) >= 11 is 1.64. The topological polar surface area (TPSA) is 41.1 Å². The summed E-state index contributed by atoms with van der Waals surface area (Å²) in [6, 6.07) is 7.95. The Morgan fingerprint density at radius 1 is 1.33 bits per heavy atom. The molecule has 2 rings (SSSR count). The monoisotopic (exact) mass is 302 g/mol. The lowest BCUT2D eigenvalue weighted by Gasteiger charge is -2.16. The van der Waals surface area contributed by atoms with Crippen molar-refractivity contribution in [3.05, 3.63) is 51.7 Å². The summed E-state index contributed by atoms with van der Waals surface area (Å²) in [5, 5.41) is 10.5. The SMILES string of the molecule is CCCNc1cc(C)ccc1C(=O)NC(C)c1ccsc1. The number of aryl methyl sites for hydroxylation is 1. The van der Waals surface area contributed by atoms with Crippen molar-refractivity contribution in [2.45, 2.75) is 33.2 Å². The zero-order valence-corrected chi connectivity index (χ0v) is 13.6. The lowest BCUT2D eigenvalue weighted by molar-refractivity contribution is 0.0941. The van der Waals surface area contributed by atoms with E-state index in [9.17, 15) is 4.79 Å². The molecule has 1 aromatic heterocycles. The second-order valence-corrected chi connectivity index (χ2v) is 6.01. The highest BCUT2D eigenvalue weighted by Crippen LogP contribution is 2.20. The van der Waals surface area contributed by atoms with Crippen molar-refractivity contribution in [1.29, 1.82) is 0 Å². The van der Waals surface area contributed by atoms with Gasteiger partial charge in [-0.15, -0.1) is 0 Å². The van der Waals surface area contributed by atoms with Crippen molar-refractivity contribution < 1.29 is 4.79 Å². The minimum atomic E-state index is -0.0349. The number of rotatable bonds is 6. The van der Waals surface area contributed by atoms with Gasteiger partial charge in [0, 0.05) is 12.2 Å². The van der Waals surface area contributed by atoms with Crippen LogP contribution in [0.3, 0.4) is 0 Å². The first-order valence-electron chi connectivity index (χ1n) is 7.29. The van der Waals surface area contributed by atoms with Crippen molar-refractivity contribution in [2.24, 2.45) is 0 Å². The lowest BCUT2D eigenvalue weighted by atomic mass is 10.1. The molecule has 0 spiro atoms. The Labute approximate surface area is 130 Å². The standard InChI is InChI=1S/C17H22N2OS/c1-4-8-18-16-10-12(2)5-6-15(16)17(20)19-13(3)14-7-9-21-11-14/h5-7,9-11,13,18H,4,8H2,1-3H3,(H,19,20). The molecule has 0 aliphatic carbocycles. The quantitative estimate of drug-likeness (QED) is 0.832. The first kappa shape index (κ1) is 15.6. The van der Waals surface area contributed by atoms with Crippen LogP contribution >= 0.6 is 11.3 Å². The van der Waals surface area contributed by atoms with Gasteiger partial charge in [0.15, 0.2) is 0 Å². The van der Waals surface area contributed by atoms with E-state index < -0.39 is 0 Å². The van der Waals surface area contributed by atoms with Gasteiger partial charge in [-0.1, -0.05) is 13.0 Å². The first-order valence-corrected chi connectivity index (χ1v) is 8.23. The Balaban J connectivity index is 2.14. The normalized spacial score (nSPS) is 12.0. The van der Waals surface area contributed by atoms with Gasteiger partial charge in [-0.3, -0.25) is 4.79 Å². The van der Waals surface area contributed by atoms with E-state index in [0.29, 0.717) is 5.56 Å². The maximum Gasteiger partial charge on any atom is 0.253 e. The van der Waals surface area contributed by atoms with Crippen molar-refractivity contribution >= 4 is 22.9 Å². The van der Waals surface area contributed by atoms with Gasteiger partial charge in [0.2, 0.25) is 0 Å². The first-order chi connectivity index (χ1) is 10.1. The largest absolute Gasteiger partial charge is 0.384 e. The van der Waals surface area contributed by atoms with E-state index in [1.165, 1.54) is 0 Å². The maximum atomic E-state index is 12.5. The molecule has 21 heavy (non-hydrogen) atoms. The summed E-state index contributed by atoms with van der Waals surface area (Å²) in [6.45, 7) is 7.02. The van der Waals surface area contributed by atoms with Gasteiger partial charge in [0.1, 0.15) is 0 Å². The van der Waals surface area contributed by atoms with E-state index in [-0.39, 0.29) is 11.9 Å². The number of nitrogens with one attached hydrogen (secondary N) is 2. The fraction of sp³-hybridized carbons (Fsp3) is 0.353. The third-order valence-electron chi connectivity index (χ3n) is 3.38. The van der Waals surface area contributed by atoms with Crippen LogP contribution in [0.1, 0.15) is 47.8 Å². The van der Waals surface area contributed by atoms with E-state index in [1.807, 2.05) is 43.5 Å². The van der Waals surface area contributed by atoms with E-state index in [2.05, 4.69) is 22.9 Å². The summed E-state index contributed by atoms with van der Waals surface area (Å²) < 4.78 is 0. The Morgan fingerprint density at radius 2 is 2.14 bits per heavy atom. The predicted octanol–water partition coefficient (Wildman–Crippen LogP) is 4.37. The molecule has 3 nitrogen and oxygen atoms in total. The molecular weight excluding hydrogens is 280 g/mol. The minimum Gasteiger partial charge on any atom is -0.384 e. The van der Waals surface area contributed by atoms with Crippen LogP contribution in [0.2, 0.25) is 0 Å². The molecule has 1 aromatic carbocycles. The Morgan fingerprint density at radius 3 is 2.81 bits per heavy atom. The molecule has 1 unspecified atom stereocenters. The smallest absolute Gasteiger partial charge is 0.253 e. The van der Waals surface area contributed by atoms with E-state index >= 15 is 0 Å². The van der Waals surface area contributed by atoms with Crippen LogP contribution in [0.25, 0.3) is 0 Å². The van der Waals surface area contributed by atoms with Gasteiger partial charge in [-0.25, -0.2) is 0 Å². The van der Waals surface area contributed by atoms with E-state index in [1.54, 1.807) is 11.3 Å². The molecule has 4 heteroatoms. The highest BCUT2D eigenvalue weighted by atomic mass is 32.1. The molecule has 0 radical (unpaired) electrons. The predicted molar refractivity (Wildman–Crippen MR) is 90.2 cm³/mol. The van der Waals surface area contributed by atoms with Gasteiger partial charge in [-0.05, 0) is 60.4 Å². The Hall–Kier alpha value is -1.81. The third-order valence-corrected chi connectivity index (χ3v) is 4.08. The molecule has 0 aliphatic rings. The van der Waals surface area contributed by atoms with Crippen LogP contribution in [-0.2, 0) is 0 Å². The van der Waals surface area contributed by atoms with Crippen molar-refractivity contribution in [2.75, 3.05) is 11.9 Å². The number of carbonyl (C=O) groups excluding carboxylic acids is 1. The molecule has 0 fully saturated rings. The summed E-state index contributed by atoms with van der Waals surface area (Å²) in [5.74, 6) is -0.0349. The number of hydrogen-bond acceptors (Lipinski definition) is 3. The molecule has 2 aromatic rings. The molecule has 2 N–H and O–H groups in total. The summed E-state index contributed by atoms with van der Waals surface area (Å²) in [6.07, 6.45) is 1.03. The second kappa shape index (κ2) is 7.27. The van der Waals surface area contributed by atoms with Crippen LogP contribution in [0, 0.1) is 6.92 Å². The number of amides is 1. The van der Waals surface area contributed by atoms with Crippen LogP contribution in [0.15, 0.2) is 35.0 Å². The number of carbonyl (C=O) groups is 1. The fourth-order valence-corrected chi connectivity index (χ4v) is 2.90. The summed E-state index contributed by atoms with van der Waals surface area (Å²) in [4.78, 5) is 12.5. The lowest BCUT2D eigenvalue weighted by Crippen LogP contribution is -2.27. The maximum absolute atomic E-state index is 12.5. The molecule has 1 atom stereocenters. The number of thiophene rings is 1. The molecule has 0 saturated carbocycles. The van der Waals surface area contributed by atoms with Crippen LogP contribution < -0.4 is 10.6 Å². The molecule has 0 saturated heterocycles. The average Bonchev–Trinajstić information content (AvgIpc) is 2.99. The fourth-order valence-electron chi connectivity index (χ4n) is 2.14. The highest BCUT2D eigenvalue weighted by Gasteiger charge is 2.15. The van der Waals surface area contributed by atoms with E-state index in [0.717, 1.165) is 29.8 Å². The molecule has 112 valence electrons. The van der Waals surface area contributed by atoms with Crippen molar-refractivity contribution in [3.63, 3.8) is 0 Å². The molecule has 0 bridgehead atoms. The van der Waals surface area contributed by atoms with Gasteiger partial charge in [0.05, 0.1) is 11.6 Å². The highest BCUT2D eigenvalue weighted by molar-refractivity contribution is 7.07. The average molecular weight is 302 g/mol.